The molecule has 0 amide bonds. The lowest BCUT2D eigenvalue weighted by atomic mass is 10.0. The number of halogens is 1. The van der Waals surface area contributed by atoms with E-state index in [4.69, 9.17) is 9.47 Å². The molecule has 1 saturated heterocycles. The maximum absolute atomic E-state index is 5.79. The lowest BCUT2D eigenvalue weighted by Crippen LogP contribution is -2.50. The van der Waals surface area contributed by atoms with E-state index in [1.165, 1.54) is 12.8 Å². The summed E-state index contributed by atoms with van der Waals surface area (Å²) in [6.45, 7) is 10.6. The van der Waals surface area contributed by atoms with Gasteiger partial charge in [0.2, 0.25) is 5.88 Å². The molecule has 1 aliphatic carbocycles. The quantitative estimate of drug-likeness (QED) is 0.275. The largest absolute Gasteiger partial charge is 0.477 e. The van der Waals surface area contributed by atoms with E-state index in [0.29, 0.717) is 24.4 Å². The first-order valence-corrected chi connectivity index (χ1v) is 11.0. The number of hydrogen-bond acceptors (Lipinski definition) is 5. The Hall–Kier alpha value is -1.13. The molecule has 1 saturated carbocycles. The van der Waals surface area contributed by atoms with E-state index in [-0.39, 0.29) is 24.0 Å². The van der Waals surface area contributed by atoms with Crippen LogP contribution in [0, 0.1) is 11.8 Å². The van der Waals surface area contributed by atoms with E-state index < -0.39 is 0 Å². The number of aromatic nitrogens is 1. The summed E-state index contributed by atoms with van der Waals surface area (Å²) in [5.41, 5.74) is 1.14. The summed E-state index contributed by atoms with van der Waals surface area (Å²) in [7, 11) is 1.82. The lowest BCUT2D eigenvalue weighted by Gasteiger charge is -2.35. The molecule has 0 aromatic carbocycles. The van der Waals surface area contributed by atoms with Crippen LogP contribution >= 0.6 is 24.0 Å². The van der Waals surface area contributed by atoms with Gasteiger partial charge in [-0.15, -0.1) is 24.0 Å². The van der Waals surface area contributed by atoms with Crippen molar-refractivity contribution in [1.29, 1.82) is 0 Å². The number of nitrogens with one attached hydrogen (secondary N) is 2. The molecule has 0 spiro atoms. The van der Waals surface area contributed by atoms with Crippen LogP contribution in [0.2, 0.25) is 0 Å². The number of guanidine groups is 1. The van der Waals surface area contributed by atoms with Gasteiger partial charge in [0, 0.05) is 51.5 Å². The highest BCUT2D eigenvalue weighted by Gasteiger charge is 2.23. The third-order valence-electron chi connectivity index (χ3n) is 5.46. The van der Waals surface area contributed by atoms with Gasteiger partial charge in [0.1, 0.15) is 0 Å². The van der Waals surface area contributed by atoms with Crippen molar-refractivity contribution in [3.8, 4) is 5.88 Å². The molecule has 2 fully saturated rings. The predicted molar refractivity (Wildman–Crippen MR) is 132 cm³/mol. The predicted octanol–water partition coefficient (Wildman–Crippen LogP) is 2.90. The van der Waals surface area contributed by atoms with Crippen LogP contribution < -0.4 is 15.4 Å². The van der Waals surface area contributed by atoms with Crippen molar-refractivity contribution in [2.45, 2.75) is 45.7 Å². The van der Waals surface area contributed by atoms with Gasteiger partial charge in [-0.1, -0.05) is 13.8 Å². The molecule has 3 rings (SSSR count). The minimum absolute atomic E-state index is 0. The third-order valence-corrected chi connectivity index (χ3v) is 5.46. The molecule has 1 unspecified atom stereocenters. The fraction of sp³-hybridized carbons (Fsp3) is 0.727. The molecule has 0 bridgehead atoms. The van der Waals surface area contributed by atoms with E-state index in [1.807, 2.05) is 25.4 Å². The standard InChI is InChI=1S/C22H37N5O2.HI/c1-17(2)12-20(27-8-10-28-11-9-27)15-26-22(23-3)25-14-19-6-7-24-21(13-19)29-16-18-4-5-18;/h6-7,13,17-18,20H,4-5,8-12,14-16H2,1-3H3,(H2,23,25,26);1H. The second-order valence-corrected chi connectivity index (χ2v) is 8.50. The Morgan fingerprint density at radius 3 is 2.73 bits per heavy atom. The molecule has 8 heteroatoms. The summed E-state index contributed by atoms with van der Waals surface area (Å²) >= 11 is 0. The van der Waals surface area contributed by atoms with Crippen LogP contribution in [-0.2, 0) is 11.3 Å². The van der Waals surface area contributed by atoms with Crippen molar-refractivity contribution in [3.63, 3.8) is 0 Å². The van der Waals surface area contributed by atoms with Crippen LogP contribution in [0.3, 0.4) is 0 Å². The molecular formula is C22H38IN5O2. The van der Waals surface area contributed by atoms with E-state index in [2.05, 4.69) is 39.4 Å². The summed E-state index contributed by atoms with van der Waals surface area (Å²) in [5, 5.41) is 6.93. The zero-order valence-corrected chi connectivity index (χ0v) is 20.9. The fourth-order valence-corrected chi connectivity index (χ4v) is 3.60. The average Bonchev–Trinajstić information content (AvgIpc) is 3.57. The maximum Gasteiger partial charge on any atom is 0.213 e. The van der Waals surface area contributed by atoms with E-state index in [1.54, 1.807) is 0 Å². The Balaban J connectivity index is 0.00000320. The topological polar surface area (TPSA) is 71.0 Å². The molecule has 1 aromatic heterocycles. The molecule has 0 radical (unpaired) electrons. The van der Waals surface area contributed by atoms with Crippen molar-refractivity contribution >= 4 is 29.9 Å². The maximum atomic E-state index is 5.79. The summed E-state index contributed by atoms with van der Waals surface area (Å²) in [4.78, 5) is 11.2. The number of pyridine rings is 1. The van der Waals surface area contributed by atoms with Gasteiger partial charge in [-0.3, -0.25) is 9.89 Å². The number of nitrogens with zero attached hydrogens (tertiary/aromatic N) is 3. The number of ether oxygens (including phenoxy) is 2. The van der Waals surface area contributed by atoms with Gasteiger partial charge in [0.05, 0.1) is 19.8 Å². The van der Waals surface area contributed by atoms with Gasteiger partial charge in [-0.2, -0.15) is 0 Å². The molecule has 7 nitrogen and oxygen atoms in total. The highest BCUT2D eigenvalue weighted by molar-refractivity contribution is 14.0. The zero-order valence-electron chi connectivity index (χ0n) is 18.6. The first kappa shape index (κ1) is 25.1. The Morgan fingerprint density at radius 1 is 1.30 bits per heavy atom. The van der Waals surface area contributed by atoms with E-state index >= 15 is 0 Å². The van der Waals surface area contributed by atoms with Gasteiger partial charge < -0.3 is 20.1 Å². The van der Waals surface area contributed by atoms with Gasteiger partial charge in [0.25, 0.3) is 0 Å². The summed E-state index contributed by atoms with van der Waals surface area (Å²) in [6, 6.07) is 4.51. The van der Waals surface area contributed by atoms with Crippen molar-refractivity contribution in [2.24, 2.45) is 16.8 Å². The summed E-state index contributed by atoms with van der Waals surface area (Å²) < 4.78 is 11.3. The molecule has 2 heterocycles. The highest BCUT2D eigenvalue weighted by atomic mass is 127. The smallest absolute Gasteiger partial charge is 0.213 e. The second-order valence-electron chi connectivity index (χ2n) is 8.50. The van der Waals surface area contributed by atoms with Crippen molar-refractivity contribution in [1.82, 2.24) is 20.5 Å². The number of rotatable bonds is 10. The van der Waals surface area contributed by atoms with Gasteiger partial charge >= 0.3 is 0 Å². The molecule has 1 aromatic rings. The van der Waals surface area contributed by atoms with Crippen LogP contribution in [0.15, 0.2) is 23.3 Å². The average molecular weight is 531 g/mol. The van der Waals surface area contributed by atoms with Crippen molar-refractivity contribution < 1.29 is 9.47 Å². The molecule has 1 atom stereocenters. The van der Waals surface area contributed by atoms with Crippen molar-refractivity contribution in [3.05, 3.63) is 23.9 Å². The summed E-state index contributed by atoms with van der Waals surface area (Å²) in [6.07, 6.45) is 5.54. The first-order chi connectivity index (χ1) is 14.1. The van der Waals surface area contributed by atoms with Gasteiger partial charge in [-0.05, 0) is 42.7 Å². The number of hydrogen-bond donors (Lipinski definition) is 2. The molecule has 2 aliphatic rings. The highest BCUT2D eigenvalue weighted by Crippen LogP contribution is 2.29. The Morgan fingerprint density at radius 2 is 2.07 bits per heavy atom. The first-order valence-electron chi connectivity index (χ1n) is 11.0. The van der Waals surface area contributed by atoms with E-state index in [0.717, 1.165) is 63.3 Å². The van der Waals surface area contributed by atoms with Crippen LogP contribution in [0.25, 0.3) is 0 Å². The fourth-order valence-electron chi connectivity index (χ4n) is 3.60. The van der Waals surface area contributed by atoms with Crippen LogP contribution in [0.4, 0.5) is 0 Å². The van der Waals surface area contributed by atoms with Gasteiger partial charge in [-0.25, -0.2) is 4.98 Å². The SMILES string of the molecule is CN=C(NCc1ccnc(OCC2CC2)c1)NCC(CC(C)C)N1CCOCC1.I. The van der Waals surface area contributed by atoms with Crippen LogP contribution in [0.5, 0.6) is 5.88 Å². The Kier molecular flexibility index (Phi) is 11.2. The monoisotopic (exact) mass is 531 g/mol. The minimum Gasteiger partial charge on any atom is -0.477 e. The Bertz CT molecular complexity index is 648. The molecule has 1 aliphatic heterocycles. The van der Waals surface area contributed by atoms with Crippen molar-refractivity contribution in [2.75, 3.05) is 46.5 Å². The molecule has 30 heavy (non-hydrogen) atoms. The van der Waals surface area contributed by atoms with Crippen LogP contribution in [0.1, 0.15) is 38.7 Å². The molecule has 170 valence electrons. The van der Waals surface area contributed by atoms with Gasteiger partial charge in [0.15, 0.2) is 5.96 Å². The third kappa shape index (κ3) is 8.93. The Labute approximate surface area is 198 Å². The number of aliphatic imine (C=N–C) groups is 1. The summed E-state index contributed by atoms with van der Waals surface area (Å²) in [5.74, 6) is 2.92. The minimum atomic E-state index is 0. The lowest BCUT2D eigenvalue weighted by molar-refractivity contribution is 0.0132. The molecule has 2 N–H and O–H groups in total. The zero-order chi connectivity index (χ0) is 20.5. The van der Waals surface area contributed by atoms with E-state index in [9.17, 15) is 0 Å². The normalized spacial score (nSPS) is 18.6. The number of morpholine rings is 1. The second kappa shape index (κ2) is 13.3. The molecular weight excluding hydrogens is 493 g/mol. The van der Waals surface area contributed by atoms with Crippen LogP contribution in [-0.4, -0.2) is 68.4 Å².